The van der Waals surface area contributed by atoms with E-state index in [2.05, 4.69) is 20.9 Å². The fourth-order valence-corrected chi connectivity index (χ4v) is 2.56. The zero-order valence-electron chi connectivity index (χ0n) is 18.9. The Morgan fingerprint density at radius 3 is 1.94 bits per heavy atom. The Balaban J connectivity index is 5.09. The number of nitrogens with two attached hydrogens (primary N) is 3. The van der Waals surface area contributed by atoms with Gasteiger partial charge in [0.15, 0.2) is 5.96 Å². The first-order valence-corrected chi connectivity index (χ1v) is 10.4. The molecule has 0 bridgehead atoms. The molecule has 0 radical (unpaired) electrons. The van der Waals surface area contributed by atoms with E-state index in [0.717, 1.165) is 0 Å². The summed E-state index contributed by atoms with van der Waals surface area (Å²) < 4.78 is 0. The number of guanidine groups is 1. The van der Waals surface area contributed by atoms with Crippen molar-refractivity contribution in [3.05, 3.63) is 0 Å². The molecular formula is C18H32N8O9. The van der Waals surface area contributed by atoms with Crippen LogP contribution in [0.2, 0.25) is 0 Å². The molecule has 4 amide bonds. The van der Waals surface area contributed by atoms with Gasteiger partial charge in [-0.15, -0.1) is 0 Å². The molecule has 0 aromatic rings. The van der Waals surface area contributed by atoms with Crippen molar-refractivity contribution in [1.29, 1.82) is 0 Å². The summed E-state index contributed by atoms with van der Waals surface area (Å²) in [4.78, 5) is 74.2. The van der Waals surface area contributed by atoms with Crippen LogP contribution in [-0.4, -0.2) is 101 Å². The van der Waals surface area contributed by atoms with Crippen molar-refractivity contribution in [2.75, 3.05) is 26.2 Å². The number of carboxylic acids is 2. The Kier molecular flexibility index (Phi) is 14.7. The zero-order chi connectivity index (χ0) is 27.0. The van der Waals surface area contributed by atoms with Crippen LogP contribution in [0.15, 0.2) is 4.99 Å². The highest BCUT2D eigenvalue weighted by Crippen LogP contribution is 2.01. The van der Waals surface area contributed by atoms with Crippen molar-refractivity contribution in [1.82, 2.24) is 21.3 Å². The van der Waals surface area contributed by atoms with Crippen LogP contribution in [0.25, 0.3) is 0 Å². The minimum absolute atomic E-state index is 0.108. The number of carbonyl (C=O) groups is 6. The number of aliphatic hydroxyl groups is 1. The van der Waals surface area contributed by atoms with Crippen molar-refractivity contribution in [3.63, 3.8) is 0 Å². The van der Waals surface area contributed by atoms with Crippen LogP contribution in [0.1, 0.15) is 25.7 Å². The van der Waals surface area contributed by atoms with Crippen LogP contribution in [-0.2, 0) is 28.8 Å². The van der Waals surface area contributed by atoms with Crippen LogP contribution >= 0.6 is 0 Å². The van der Waals surface area contributed by atoms with Crippen molar-refractivity contribution in [3.8, 4) is 0 Å². The van der Waals surface area contributed by atoms with Gasteiger partial charge in [0.2, 0.25) is 23.6 Å². The van der Waals surface area contributed by atoms with E-state index in [1.807, 2.05) is 5.32 Å². The van der Waals surface area contributed by atoms with Gasteiger partial charge in [0, 0.05) is 13.0 Å². The van der Waals surface area contributed by atoms with Gasteiger partial charge in [0.25, 0.3) is 0 Å². The van der Waals surface area contributed by atoms with E-state index in [1.54, 1.807) is 0 Å². The SMILES string of the molecule is NCC(=O)N[C@@H](CCCN=C(N)N)C(=O)NCC(=O)N[C@@H](CCC(=O)O)C(=O)N[C@@H](CO)C(=O)O. The van der Waals surface area contributed by atoms with Crippen LogP contribution in [0.4, 0.5) is 0 Å². The molecule has 0 aromatic heterocycles. The first kappa shape index (κ1) is 31.0. The molecule has 0 fully saturated rings. The van der Waals surface area contributed by atoms with Crippen LogP contribution in [0.5, 0.6) is 0 Å². The first-order valence-electron chi connectivity index (χ1n) is 10.4. The van der Waals surface area contributed by atoms with E-state index in [0.29, 0.717) is 6.42 Å². The van der Waals surface area contributed by atoms with E-state index in [4.69, 9.17) is 32.5 Å². The molecule has 13 N–H and O–H groups in total. The molecule has 0 aliphatic rings. The van der Waals surface area contributed by atoms with Gasteiger partial charge in [-0.3, -0.25) is 29.0 Å². The normalized spacial score (nSPS) is 12.9. The predicted octanol–water partition coefficient (Wildman–Crippen LogP) is -5.49. The monoisotopic (exact) mass is 504 g/mol. The second-order valence-corrected chi connectivity index (χ2v) is 7.13. The third-order valence-corrected chi connectivity index (χ3v) is 4.30. The number of carboxylic acid groups (broad SMARTS) is 2. The summed E-state index contributed by atoms with van der Waals surface area (Å²) in [5, 5.41) is 35.6. The number of aliphatic hydroxyl groups excluding tert-OH is 1. The summed E-state index contributed by atoms with van der Waals surface area (Å²) in [6.07, 6.45) is -0.513. The molecule has 0 saturated heterocycles. The van der Waals surface area contributed by atoms with E-state index >= 15 is 0 Å². The maximum atomic E-state index is 12.4. The number of amides is 4. The summed E-state index contributed by atoms with van der Waals surface area (Å²) in [6.45, 7) is -1.79. The van der Waals surface area contributed by atoms with Crippen molar-refractivity contribution in [2.45, 2.75) is 43.8 Å². The Hall–Kier alpha value is -3.99. The van der Waals surface area contributed by atoms with E-state index in [-0.39, 0.29) is 25.5 Å². The molecule has 17 nitrogen and oxygen atoms in total. The zero-order valence-corrected chi connectivity index (χ0v) is 18.9. The molecule has 35 heavy (non-hydrogen) atoms. The molecule has 3 atom stereocenters. The van der Waals surface area contributed by atoms with E-state index in [9.17, 15) is 28.8 Å². The number of nitrogens with zero attached hydrogens (tertiary/aromatic N) is 1. The molecule has 0 saturated carbocycles. The number of aliphatic imine (C=N–C) groups is 1. The number of hydrogen-bond acceptors (Lipinski definition) is 9. The van der Waals surface area contributed by atoms with Gasteiger partial charge >= 0.3 is 11.9 Å². The summed E-state index contributed by atoms with van der Waals surface area (Å²) in [5.74, 6) is -6.28. The molecule has 17 heteroatoms. The lowest BCUT2D eigenvalue weighted by Crippen LogP contribution is -2.55. The smallest absolute Gasteiger partial charge is 0.328 e. The lowest BCUT2D eigenvalue weighted by atomic mass is 10.1. The quantitative estimate of drug-likeness (QED) is 0.0504. The second kappa shape index (κ2) is 16.6. The number of rotatable bonds is 17. The third kappa shape index (κ3) is 14.0. The minimum atomic E-state index is -1.67. The molecular weight excluding hydrogens is 472 g/mol. The molecule has 0 spiro atoms. The summed E-state index contributed by atoms with van der Waals surface area (Å²) in [6, 6.07) is -4.20. The summed E-state index contributed by atoms with van der Waals surface area (Å²) >= 11 is 0. The minimum Gasteiger partial charge on any atom is -0.481 e. The van der Waals surface area contributed by atoms with Crippen LogP contribution < -0.4 is 38.5 Å². The number of carbonyl (C=O) groups excluding carboxylic acids is 4. The molecule has 0 aliphatic heterocycles. The van der Waals surface area contributed by atoms with Crippen LogP contribution in [0, 0.1) is 0 Å². The first-order chi connectivity index (χ1) is 16.4. The highest BCUT2D eigenvalue weighted by atomic mass is 16.4. The maximum Gasteiger partial charge on any atom is 0.328 e. The van der Waals surface area contributed by atoms with Gasteiger partial charge in [0.1, 0.15) is 18.1 Å². The maximum absolute atomic E-state index is 12.4. The molecule has 0 aromatic carbocycles. The number of hydrogen-bond donors (Lipinski definition) is 10. The Morgan fingerprint density at radius 1 is 0.829 bits per heavy atom. The fourth-order valence-electron chi connectivity index (χ4n) is 2.56. The average molecular weight is 505 g/mol. The highest BCUT2D eigenvalue weighted by Gasteiger charge is 2.27. The third-order valence-electron chi connectivity index (χ3n) is 4.30. The molecule has 0 rings (SSSR count). The topological polar surface area (TPSA) is 302 Å². The largest absolute Gasteiger partial charge is 0.481 e. The van der Waals surface area contributed by atoms with Crippen molar-refractivity contribution >= 4 is 41.5 Å². The van der Waals surface area contributed by atoms with E-state index in [1.165, 1.54) is 0 Å². The Morgan fingerprint density at radius 2 is 1.43 bits per heavy atom. The Bertz CT molecular complexity index is 801. The molecule has 0 unspecified atom stereocenters. The fraction of sp³-hybridized carbons (Fsp3) is 0.611. The van der Waals surface area contributed by atoms with Gasteiger partial charge in [0.05, 0.1) is 19.7 Å². The van der Waals surface area contributed by atoms with Crippen LogP contribution in [0.3, 0.4) is 0 Å². The summed E-state index contributed by atoms with van der Waals surface area (Å²) in [5.41, 5.74) is 15.7. The predicted molar refractivity (Wildman–Crippen MR) is 119 cm³/mol. The van der Waals surface area contributed by atoms with Gasteiger partial charge < -0.3 is 53.8 Å². The average Bonchev–Trinajstić information content (AvgIpc) is 2.79. The van der Waals surface area contributed by atoms with Crippen molar-refractivity contribution in [2.24, 2.45) is 22.2 Å². The summed E-state index contributed by atoms with van der Waals surface area (Å²) in [7, 11) is 0. The van der Waals surface area contributed by atoms with Crippen molar-refractivity contribution < 1.29 is 44.1 Å². The van der Waals surface area contributed by atoms with Gasteiger partial charge in [-0.05, 0) is 19.3 Å². The Labute approximate surface area is 199 Å². The number of aliphatic carboxylic acids is 2. The standard InChI is InChI=1S/C18H32N8O9/c19-6-12(28)24-9(2-1-5-22-18(20)21)15(32)23-7-13(29)25-10(3-4-14(30)31)16(33)26-11(8-27)17(34)35/h9-11,27H,1-8,19H2,(H,23,32)(H,24,28)(H,25,29)(H,26,33)(H,30,31)(H,34,35)(H4,20,21,22)/t9-,10-,11-/m0/s1. The molecule has 0 heterocycles. The van der Waals surface area contributed by atoms with Gasteiger partial charge in [-0.1, -0.05) is 0 Å². The van der Waals surface area contributed by atoms with Gasteiger partial charge in [-0.25, -0.2) is 4.79 Å². The highest BCUT2D eigenvalue weighted by molar-refractivity contribution is 5.93. The van der Waals surface area contributed by atoms with E-state index < -0.39 is 79.7 Å². The second-order valence-electron chi connectivity index (χ2n) is 7.13. The molecule has 198 valence electrons. The lowest BCUT2D eigenvalue weighted by molar-refractivity contribution is -0.144. The van der Waals surface area contributed by atoms with Gasteiger partial charge in [-0.2, -0.15) is 0 Å². The number of nitrogens with one attached hydrogen (secondary N) is 4. The molecule has 0 aliphatic carbocycles. The lowest BCUT2D eigenvalue weighted by Gasteiger charge is -2.21.